The number of hydrogen-bond donors (Lipinski definition) is 1. The summed E-state index contributed by atoms with van der Waals surface area (Å²) in [6.45, 7) is 0. The highest BCUT2D eigenvalue weighted by atomic mass is 127. The van der Waals surface area contributed by atoms with Gasteiger partial charge in [-0.25, -0.2) is 4.98 Å². The van der Waals surface area contributed by atoms with E-state index in [9.17, 15) is 4.79 Å². The molecule has 1 aromatic heterocycles. The smallest absolute Gasteiger partial charge is 0.228 e. The Bertz CT molecular complexity index is 602. The molecule has 1 aromatic carbocycles. The summed E-state index contributed by atoms with van der Waals surface area (Å²) in [5.74, 6) is -0.146. The molecule has 0 saturated carbocycles. The molecule has 1 amide bonds. The van der Waals surface area contributed by atoms with Crippen LogP contribution in [0.5, 0.6) is 0 Å². The van der Waals surface area contributed by atoms with Gasteiger partial charge in [0, 0.05) is 9.77 Å². The predicted molar refractivity (Wildman–Crippen MR) is 85.7 cm³/mol. The topological polar surface area (TPSA) is 42.0 Å². The van der Waals surface area contributed by atoms with E-state index < -0.39 is 0 Å². The number of carbonyl (C=O) groups is 1. The first-order valence-electron chi connectivity index (χ1n) is 5.40. The van der Waals surface area contributed by atoms with Gasteiger partial charge in [0.05, 0.1) is 17.1 Å². The molecule has 1 heterocycles. The van der Waals surface area contributed by atoms with Crippen molar-refractivity contribution in [3.63, 3.8) is 0 Å². The van der Waals surface area contributed by atoms with Gasteiger partial charge in [0.1, 0.15) is 5.15 Å². The molecule has 6 heteroatoms. The van der Waals surface area contributed by atoms with Gasteiger partial charge in [0.25, 0.3) is 0 Å². The number of rotatable bonds is 3. The average molecular weight is 407 g/mol. The maximum atomic E-state index is 11.9. The molecule has 0 spiro atoms. The highest BCUT2D eigenvalue weighted by Crippen LogP contribution is 2.23. The van der Waals surface area contributed by atoms with Crippen LogP contribution < -0.4 is 5.32 Å². The maximum absolute atomic E-state index is 11.9. The fourth-order valence-electron chi connectivity index (χ4n) is 1.48. The second-order valence-corrected chi connectivity index (χ2v) is 5.88. The van der Waals surface area contributed by atoms with E-state index in [0.29, 0.717) is 15.9 Å². The maximum Gasteiger partial charge on any atom is 0.228 e. The molecule has 2 aromatic rings. The van der Waals surface area contributed by atoms with Gasteiger partial charge >= 0.3 is 0 Å². The Labute approximate surface area is 134 Å². The minimum Gasteiger partial charge on any atom is -0.324 e. The van der Waals surface area contributed by atoms with Gasteiger partial charge in [-0.3, -0.25) is 4.79 Å². The number of halogens is 3. The molecular formula is C13H9Cl2IN2O. The van der Waals surface area contributed by atoms with E-state index in [0.717, 1.165) is 9.13 Å². The van der Waals surface area contributed by atoms with Crippen LogP contribution in [-0.2, 0) is 11.2 Å². The van der Waals surface area contributed by atoms with Crippen molar-refractivity contribution >= 4 is 57.4 Å². The number of nitrogens with zero attached hydrogens (tertiary/aromatic N) is 1. The number of benzene rings is 1. The van der Waals surface area contributed by atoms with Crippen LogP contribution in [0.2, 0.25) is 10.2 Å². The SMILES string of the molecule is O=C(Cc1ccc(Cl)nc1)Nc1ccc(I)cc1Cl. The third-order valence-corrected chi connectivity index (χ3v) is 3.57. The van der Waals surface area contributed by atoms with Gasteiger partial charge in [0.2, 0.25) is 5.91 Å². The lowest BCUT2D eigenvalue weighted by Gasteiger charge is -2.07. The fraction of sp³-hybridized carbons (Fsp3) is 0.0769. The van der Waals surface area contributed by atoms with Crippen molar-refractivity contribution in [3.05, 3.63) is 55.8 Å². The van der Waals surface area contributed by atoms with E-state index in [1.165, 1.54) is 0 Å². The van der Waals surface area contributed by atoms with Gasteiger partial charge in [-0.2, -0.15) is 0 Å². The molecule has 0 radical (unpaired) electrons. The van der Waals surface area contributed by atoms with E-state index in [1.54, 1.807) is 30.5 Å². The van der Waals surface area contributed by atoms with Crippen molar-refractivity contribution in [2.24, 2.45) is 0 Å². The van der Waals surface area contributed by atoms with Crippen LogP contribution in [0.25, 0.3) is 0 Å². The van der Waals surface area contributed by atoms with Crippen LogP contribution >= 0.6 is 45.8 Å². The van der Waals surface area contributed by atoms with Crippen LogP contribution in [0.4, 0.5) is 5.69 Å². The molecule has 0 saturated heterocycles. The second kappa shape index (κ2) is 6.54. The summed E-state index contributed by atoms with van der Waals surface area (Å²) in [5, 5.41) is 3.70. The van der Waals surface area contributed by atoms with Crippen LogP contribution in [0.1, 0.15) is 5.56 Å². The van der Waals surface area contributed by atoms with E-state index in [2.05, 4.69) is 32.9 Å². The number of pyridine rings is 1. The third kappa shape index (κ3) is 4.33. The number of nitrogens with one attached hydrogen (secondary N) is 1. The van der Waals surface area contributed by atoms with E-state index in [-0.39, 0.29) is 12.3 Å². The fourth-order valence-corrected chi connectivity index (χ4v) is 2.50. The van der Waals surface area contributed by atoms with Crippen molar-refractivity contribution in [2.75, 3.05) is 5.32 Å². The molecule has 3 nitrogen and oxygen atoms in total. The Kier molecular flexibility index (Phi) is 5.01. The zero-order valence-electron chi connectivity index (χ0n) is 9.66. The third-order valence-electron chi connectivity index (χ3n) is 2.36. The lowest BCUT2D eigenvalue weighted by molar-refractivity contribution is -0.115. The van der Waals surface area contributed by atoms with Gasteiger partial charge in [-0.15, -0.1) is 0 Å². The van der Waals surface area contributed by atoms with Gasteiger partial charge in [0.15, 0.2) is 0 Å². The van der Waals surface area contributed by atoms with Crippen LogP contribution in [-0.4, -0.2) is 10.9 Å². The molecule has 2 rings (SSSR count). The molecule has 0 aliphatic carbocycles. The van der Waals surface area contributed by atoms with E-state index in [4.69, 9.17) is 23.2 Å². The highest BCUT2D eigenvalue weighted by Gasteiger charge is 2.07. The van der Waals surface area contributed by atoms with Crippen molar-refractivity contribution in [2.45, 2.75) is 6.42 Å². The largest absolute Gasteiger partial charge is 0.324 e. The van der Waals surface area contributed by atoms with Crippen molar-refractivity contribution < 1.29 is 4.79 Å². The normalized spacial score (nSPS) is 10.3. The number of hydrogen-bond acceptors (Lipinski definition) is 2. The Morgan fingerprint density at radius 1 is 1.26 bits per heavy atom. The molecule has 0 aliphatic rings. The zero-order valence-corrected chi connectivity index (χ0v) is 13.3. The summed E-state index contributed by atoms with van der Waals surface area (Å²) in [6.07, 6.45) is 1.81. The molecule has 0 fully saturated rings. The molecule has 0 atom stereocenters. The minimum absolute atomic E-state index is 0.146. The summed E-state index contributed by atoms with van der Waals surface area (Å²) in [7, 11) is 0. The second-order valence-electron chi connectivity index (χ2n) is 3.84. The van der Waals surface area contributed by atoms with Crippen LogP contribution in [0, 0.1) is 3.57 Å². The summed E-state index contributed by atoms with van der Waals surface area (Å²) >= 11 is 13.9. The van der Waals surface area contributed by atoms with E-state index >= 15 is 0 Å². The Morgan fingerprint density at radius 3 is 2.68 bits per heavy atom. The minimum atomic E-state index is -0.146. The first-order valence-corrected chi connectivity index (χ1v) is 7.23. The highest BCUT2D eigenvalue weighted by molar-refractivity contribution is 14.1. The molecule has 0 aliphatic heterocycles. The van der Waals surface area contributed by atoms with Gasteiger partial charge < -0.3 is 5.32 Å². The van der Waals surface area contributed by atoms with E-state index in [1.807, 2.05) is 6.07 Å². The van der Waals surface area contributed by atoms with Gasteiger partial charge in [-0.1, -0.05) is 29.3 Å². The standard InChI is InChI=1S/C13H9Cl2IN2O/c14-10-6-9(16)2-3-11(10)18-13(19)5-8-1-4-12(15)17-7-8/h1-4,6-7H,5H2,(H,18,19). The molecule has 0 unspecified atom stereocenters. The predicted octanol–water partition coefficient (Wildman–Crippen LogP) is 4.17. The first-order chi connectivity index (χ1) is 9.04. The summed E-state index contributed by atoms with van der Waals surface area (Å²) in [6, 6.07) is 8.88. The Balaban J connectivity index is 2.03. The quantitative estimate of drug-likeness (QED) is 0.613. The van der Waals surface area contributed by atoms with Crippen molar-refractivity contribution in [1.82, 2.24) is 4.98 Å². The van der Waals surface area contributed by atoms with Crippen molar-refractivity contribution in [3.8, 4) is 0 Å². The number of carbonyl (C=O) groups excluding carboxylic acids is 1. The van der Waals surface area contributed by atoms with Crippen LogP contribution in [0.15, 0.2) is 36.5 Å². The zero-order chi connectivity index (χ0) is 13.8. The summed E-state index contributed by atoms with van der Waals surface area (Å²) < 4.78 is 1.02. The monoisotopic (exact) mass is 406 g/mol. The molecular weight excluding hydrogens is 398 g/mol. The molecule has 1 N–H and O–H groups in total. The number of amides is 1. The molecule has 19 heavy (non-hydrogen) atoms. The lowest BCUT2D eigenvalue weighted by Crippen LogP contribution is -2.14. The first kappa shape index (κ1) is 14.6. The Morgan fingerprint density at radius 2 is 2.05 bits per heavy atom. The average Bonchev–Trinajstić information content (AvgIpc) is 2.36. The lowest BCUT2D eigenvalue weighted by atomic mass is 10.2. The molecule has 0 bridgehead atoms. The van der Waals surface area contributed by atoms with Crippen LogP contribution in [0.3, 0.4) is 0 Å². The van der Waals surface area contributed by atoms with Crippen molar-refractivity contribution in [1.29, 1.82) is 0 Å². The summed E-state index contributed by atoms with van der Waals surface area (Å²) in [4.78, 5) is 15.8. The number of aromatic nitrogens is 1. The Hall–Kier alpha value is -0.850. The number of anilines is 1. The van der Waals surface area contributed by atoms with Gasteiger partial charge in [-0.05, 0) is 52.4 Å². The molecule has 98 valence electrons. The summed E-state index contributed by atoms with van der Waals surface area (Å²) in [5.41, 5.74) is 1.40.